The number of carbonyl (C=O) groups excluding carboxylic acids is 1. The molecular formula is C10H20N2O2. The molecule has 0 aromatic heterocycles. The first kappa shape index (κ1) is 13.0. The van der Waals surface area contributed by atoms with E-state index < -0.39 is 6.09 Å². The zero-order valence-corrected chi connectivity index (χ0v) is 8.95. The predicted molar refractivity (Wildman–Crippen MR) is 56.5 cm³/mol. The lowest BCUT2D eigenvalue weighted by atomic mass is 10.1. The fourth-order valence-corrected chi connectivity index (χ4v) is 1.08. The molecule has 82 valence electrons. The molecule has 0 rings (SSSR count). The average Bonchev–Trinajstić information content (AvgIpc) is 2.17. The molecule has 0 aliphatic heterocycles. The van der Waals surface area contributed by atoms with Crippen LogP contribution in [0.5, 0.6) is 0 Å². The zero-order valence-electron chi connectivity index (χ0n) is 8.95. The molecule has 0 aliphatic rings. The largest absolute Gasteiger partial charge is 0.446 e. The number of carbonyl (C=O) groups is 1. The van der Waals surface area contributed by atoms with Crippen LogP contribution in [0.15, 0.2) is 12.2 Å². The third-order valence-electron chi connectivity index (χ3n) is 1.81. The van der Waals surface area contributed by atoms with Gasteiger partial charge in [0.2, 0.25) is 0 Å². The van der Waals surface area contributed by atoms with Crippen LogP contribution in [0.25, 0.3) is 0 Å². The summed E-state index contributed by atoms with van der Waals surface area (Å²) < 4.78 is 4.91. The van der Waals surface area contributed by atoms with Gasteiger partial charge in [0, 0.05) is 0 Å². The summed E-state index contributed by atoms with van der Waals surface area (Å²) in [5, 5.41) is 0. The Morgan fingerprint density at radius 3 is 2.86 bits per heavy atom. The number of amides is 1. The number of unbranched alkanes of at least 4 members (excludes halogenated alkanes) is 1. The number of allylic oxidation sites excluding steroid dienone is 2. The summed E-state index contributed by atoms with van der Waals surface area (Å²) in [5.41, 5.74) is 1.93. The van der Waals surface area contributed by atoms with Crippen LogP contribution in [0.1, 0.15) is 39.5 Å². The Morgan fingerprint density at radius 1 is 1.57 bits per heavy atom. The topological polar surface area (TPSA) is 64.3 Å². The maximum atomic E-state index is 10.7. The van der Waals surface area contributed by atoms with Gasteiger partial charge in [-0.3, -0.25) is 5.43 Å². The zero-order chi connectivity index (χ0) is 10.8. The van der Waals surface area contributed by atoms with Gasteiger partial charge in [-0.25, -0.2) is 10.6 Å². The van der Waals surface area contributed by atoms with Crippen molar-refractivity contribution < 1.29 is 9.53 Å². The number of nitrogens with one attached hydrogen (secondary N) is 1. The van der Waals surface area contributed by atoms with Gasteiger partial charge >= 0.3 is 6.09 Å². The Morgan fingerprint density at radius 2 is 2.29 bits per heavy atom. The first-order valence-electron chi connectivity index (χ1n) is 5.03. The van der Waals surface area contributed by atoms with Crippen LogP contribution in [0.4, 0.5) is 4.79 Å². The van der Waals surface area contributed by atoms with Crippen LogP contribution >= 0.6 is 0 Å². The lowest BCUT2D eigenvalue weighted by Crippen LogP contribution is -2.33. The second-order valence-electron chi connectivity index (χ2n) is 3.17. The molecule has 3 N–H and O–H groups in total. The van der Waals surface area contributed by atoms with Gasteiger partial charge in [-0.2, -0.15) is 0 Å². The van der Waals surface area contributed by atoms with Crippen molar-refractivity contribution in [3.05, 3.63) is 12.2 Å². The lowest BCUT2D eigenvalue weighted by molar-refractivity contribution is 0.101. The molecule has 14 heavy (non-hydrogen) atoms. The van der Waals surface area contributed by atoms with Crippen LogP contribution in [0.3, 0.4) is 0 Å². The van der Waals surface area contributed by atoms with E-state index in [1.807, 2.05) is 12.3 Å². The highest BCUT2D eigenvalue weighted by molar-refractivity contribution is 5.66. The van der Waals surface area contributed by atoms with Crippen molar-refractivity contribution in [1.82, 2.24) is 5.43 Å². The minimum absolute atomic E-state index is 0.0754. The molecule has 0 saturated carbocycles. The van der Waals surface area contributed by atoms with Gasteiger partial charge in [0.25, 0.3) is 0 Å². The molecule has 0 radical (unpaired) electrons. The van der Waals surface area contributed by atoms with Crippen molar-refractivity contribution in [2.24, 2.45) is 5.84 Å². The van der Waals surface area contributed by atoms with E-state index in [9.17, 15) is 4.79 Å². The highest BCUT2D eigenvalue weighted by Gasteiger charge is 2.06. The van der Waals surface area contributed by atoms with Crippen molar-refractivity contribution in [2.45, 2.75) is 45.6 Å². The van der Waals surface area contributed by atoms with Crippen LogP contribution in [-0.2, 0) is 4.74 Å². The molecule has 0 heterocycles. The van der Waals surface area contributed by atoms with Gasteiger partial charge in [-0.05, 0) is 32.6 Å². The third-order valence-corrected chi connectivity index (χ3v) is 1.81. The molecule has 1 unspecified atom stereocenters. The number of hydrogen-bond acceptors (Lipinski definition) is 3. The summed E-state index contributed by atoms with van der Waals surface area (Å²) in [5.74, 6) is 4.88. The number of rotatable bonds is 6. The van der Waals surface area contributed by atoms with Crippen molar-refractivity contribution in [2.75, 3.05) is 0 Å². The van der Waals surface area contributed by atoms with Crippen molar-refractivity contribution in [3.8, 4) is 0 Å². The van der Waals surface area contributed by atoms with E-state index in [1.54, 1.807) is 0 Å². The van der Waals surface area contributed by atoms with Gasteiger partial charge in [-0.1, -0.05) is 19.1 Å². The molecule has 4 nitrogen and oxygen atoms in total. The van der Waals surface area contributed by atoms with Crippen LogP contribution in [-0.4, -0.2) is 12.2 Å². The second kappa shape index (κ2) is 8.56. The summed E-state index contributed by atoms with van der Waals surface area (Å²) >= 11 is 0. The van der Waals surface area contributed by atoms with E-state index in [0.29, 0.717) is 0 Å². The summed E-state index contributed by atoms with van der Waals surface area (Å²) in [7, 11) is 0. The molecular weight excluding hydrogens is 180 g/mol. The number of hydrazine groups is 1. The lowest BCUT2D eigenvalue weighted by Gasteiger charge is -2.11. The Bertz CT molecular complexity index is 181. The van der Waals surface area contributed by atoms with Gasteiger partial charge in [-0.15, -0.1) is 0 Å². The molecule has 0 bridgehead atoms. The molecule has 0 aromatic carbocycles. The number of ether oxygens (including phenoxy) is 1. The second-order valence-corrected chi connectivity index (χ2v) is 3.17. The minimum Gasteiger partial charge on any atom is -0.446 e. The summed E-state index contributed by atoms with van der Waals surface area (Å²) in [6, 6.07) is 0. The van der Waals surface area contributed by atoms with Gasteiger partial charge in [0.05, 0.1) is 0 Å². The summed E-state index contributed by atoms with van der Waals surface area (Å²) in [6.45, 7) is 3.96. The number of hydrogen-bond donors (Lipinski definition) is 2. The first-order chi connectivity index (χ1) is 6.70. The molecule has 0 aliphatic carbocycles. The summed E-state index contributed by atoms with van der Waals surface area (Å²) in [6.07, 6.45) is 7.63. The number of nitrogens with two attached hydrogens (primary N) is 1. The van der Waals surface area contributed by atoms with E-state index >= 15 is 0 Å². The van der Waals surface area contributed by atoms with Crippen molar-refractivity contribution >= 4 is 6.09 Å². The Kier molecular flexibility index (Phi) is 7.93. The molecule has 0 fully saturated rings. The molecule has 1 amide bonds. The molecule has 0 spiro atoms. The van der Waals surface area contributed by atoms with Crippen molar-refractivity contribution in [1.29, 1.82) is 0 Å². The van der Waals surface area contributed by atoms with Crippen molar-refractivity contribution in [3.63, 3.8) is 0 Å². The van der Waals surface area contributed by atoms with Gasteiger partial charge < -0.3 is 4.74 Å². The van der Waals surface area contributed by atoms with E-state index in [-0.39, 0.29) is 6.10 Å². The third kappa shape index (κ3) is 7.61. The minimum atomic E-state index is -0.568. The maximum absolute atomic E-state index is 10.7. The average molecular weight is 200 g/mol. The highest BCUT2D eigenvalue weighted by atomic mass is 16.6. The fourth-order valence-electron chi connectivity index (χ4n) is 1.08. The Balaban J connectivity index is 3.39. The maximum Gasteiger partial charge on any atom is 0.421 e. The van der Waals surface area contributed by atoms with Gasteiger partial charge in [0.15, 0.2) is 0 Å². The highest BCUT2D eigenvalue weighted by Crippen LogP contribution is 2.05. The SMILES string of the molecule is CC/C=C/CCCC(C)OC(=O)NN. The van der Waals surface area contributed by atoms with Gasteiger partial charge in [0.1, 0.15) is 6.10 Å². The van der Waals surface area contributed by atoms with Crippen LogP contribution in [0, 0.1) is 0 Å². The smallest absolute Gasteiger partial charge is 0.421 e. The summed E-state index contributed by atoms with van der Waals surface area (Å²) in [4.78, 5) is 10.7. The normalized spacial score (nSPS) is 12.8. The quantitative estimate of drug-likeness (QED) is 0.227. The first-order valence-corrected chi connectivity index (χ1v) is 5.03. The van der Waals surface area contributed by atoms with Crippen LogP contribution < -0.4 is 11.3 Å². The van der Waals surface area contributed by atoms with E-state index in [2.05, 4.69) is 19.1 Å². The molecule has 0 saturated heterocycles. The van der Waals surface area contributed by atoms with E-state index in [1.165, 1.54) is 0 Å². The molecule has 4 heteroatoms. The Labute approximate surface area is 85.5 Å². The monoisotopic (exact) mass is 200 g/mol. The predicted octanol–water partition coefficient (Wildman–Crippen LogP) is 2.11. The molecule has 1 atom stereocenters. The Hall–Kier alpha value is -1.03. The van der Waals surface area contributed by atoms with E-state index in [0.717, 1.165) is 25.7 Å². The van der Waals surface area contributed by atoms with Crippen LogP contribution in [0.2, 0.25) is 0 Å². The molecule has 0 aromatic rings. The fraction of sp³-hybridized carbons (Fsp3) is 0.700. The van der Waals surface area contributed by atoms with E-state index in [4.69, 9.17) is 10.6 Å². The standard InChI is InChI=1S/C10H20N2O2/c1-3-4-5-6-7-8-9(2)14-10(13)12-11/h4-5,9H,3,6-8,11H2,1-2H3,(H,12,13)/b5-4+.